The van der Waals surface area contributed by atoms with Gasteiger partial charge in [0.25, 0.3) is 0 Å². The van der Waals surface area contributed by atoms with Crippen LogP contribution in [0.5, 0.6) is 5.75 Å². The number of rotatable bonds is 8. The summed E-state index contributed by atoms with van der Waals surface area (Å²) >= 11 is 0. The number of ether oxygens (including phenoxy) is 1. The van der Waals surface area contributed by atoms with Crippen molar-refractivity contribution in [2.24, 2.45) is 0 Å². The first-order chi connectivity index (χ1) is 12.9. The van der Waals surface area contributed by atoms with Crippen LogP contribution in [0.1, 0.15) is 5.56 Å². The van der Waals surface area contributed by atoms with Crippen LogP contribution in [0.3, 0.4) is 0 Å². The Bertz CT molecular complexity index is 780. The van der Waals surface area contributed by atoms with Gasteiger partial charge in [-0.1, -0.05) is 12.1 Å². The van der Waals surface area contributed by atoms with Crippen LogP contribution in [0.25, 0.3) is 0 Å². The van der Waals surface area contributed by atoms with E-state index in [1.807, 2.05) is 24.3 Å². The Morgan fingerprint density at radius 1 is 1.07 bits per heavy atom. The molecule has 0 unspecified atom stereocenters. The summed E-state index contributed by atoms with van der Waals surface area (Å²) in [5.41, 5.74) is 1.47. The Labute approximate surface area is 158 Å². The largest absolute Gasteiger partial charge is 0.497 e. The molecule has 0 aromatic heterocycles. The van der Waals surface area contributed by atoms with Gasteiger partial charge in [0.2, 0.25) is 11.8 Å². The summed E-state index contributed by atoms with van der Waals surface area (Å²) in [5, 5.41) is 2.67. The predicted molar refractivity (Wildman–Crippen MR) is 102 cm³/mol. The molecule has 2 aromatic rings. The number of carbonyl (C=O) groups is 2. The summed E-state index contributed by atoms with van der Waals surface area (Å²) in [6.07, 6.45) is 0. The minimum Gasteiger partial charge on any atom is -0.497 e. The minimum atomic E-state index is -0.366. The maximum Gasteiger partial charge on any atom is 0.238 e. The van der Waals surface area contributed by atoms with Gasteiger partial charge in [-0.15, -0.1) is 0 Å². The van der Waals surface area contributed by atoms with Gasteiger partial charge in [-0.3, -0.25) is 14.5 Å². The third-order valence-electron chi connectivity index (χ3n) is 3.93. The molecule has 0 aliphatic rings. The Hall–Kier alpha value is -2.93. The maximum absolute atomic E-state index is 12.9. The molecule has 0 spiro atoms. The van der Waals surface area contributed by atoms with Gasteiger partial charge in [-0.05, 0) is 49.0 Å². The van der Waals surface area contributed by atoms with E-state index in [1.54, 1.807) is 31.0 Å². The van der Waals surface area contributed by atoms with E-state index in [0.717, 1.165) is 11.3 Å². The van der Waals surface area contributed by atoms with Crippen molar-refractivity contribution < 1.29 is 18.7 Å². The monoisotopic (exact) mass is 373 g/mol. The number of nitrogens with zero attached hydrogens (tertiary/aromatic N) is 2. The Balaban J connectivity index is 1.81. The van der Waals surface area contributed by atoms with Crippen LogP contribution in [0, 0.1) is 5.82 Å². The number of hydrogen-bond acceptors (Lipinski definition) is 4. The highest BCUT2D eigenvalue weighted by Gasteiger charge is 2.15. The normalized spacial score (nSPS) is 10.6. The number of methoxy groups -OCH3 is 1. The van der Waals surface area contributed by atoms with Gasteiger partial charge in [-0.2, -0.15) is 0 Å². The van der Waals surface area contributed by atoms with E-state index >= 15 is 0 Å². The molecule has 2 aromatic carbocycles. The van der Waals surface area contributed by atoms with Gasteiger partial charge in [0, 0.05) is 19.3 Å². The summed E-state index contributed by atoms with van der Waals surface area (Å²) in [6, 6.07) is 13.0. The Morgan fingerprint density at radius 2 is 1.78 bits per heavy atom. The number of likely N-dealkylation sites (N-methyl/N-ethyl adjacent to an activating group) is 2. The second kappa shape index (κ2) is 9.68. The molecule has 0 radical (unpaired) electrons. The Morgan fingerprint density at radius 3 is 2.44 bits per heavy atom. The number of amides is 2. The number of hydrogen-bond donors (Lipinski definition) is 1. The standard InChI is InChI=1S/C20H24FN3O3/c1-23(13-19(25)22-17-9-7-16(21)8-10-17)14-20(26)24(2)12-15-5-4-6-18(11-15)27-3/h4-11H,12-14H2,1-3H3,(H,22,25). The zero-order valence-electron chi connectivity index (χ0n) is 15.7. The SMILES string of the molecule is COc1cccc(CN(C)C(=O)CN(C)CC(=O)Nc2ccc(F)cc2)c1. The van der Waals surface area contributed by atoms with Crippen LogP contribution in [0.15, 0.2) is 48.5 Å². The Kier molecular flexibility index (Phi) is 7.31. The molecule has 0 bridgehead atoms. The molecule has 0 aliphatic carbocycles. The molecule has 6 nitrogen and oxygen atoms in total. The van der Waals surface area contributed by atoms with E-state index in [4.69, 9.17) is 4.74 Å². The highest BCUT2D eigenvalue weighted by molar-refractivity contribution is 5.92. The van der Waals surface area contributed by atoms with Gasteiger partial charge in [0.1, 0.15) is 11.6 Å². The molecule has 1 N–H and O–H groups in total. The first kappa shape index (κ1) is 20.4. The summed E-state index contributed by atoms with van der Waals surface area (Å²) < 4.78 is 18.1. The van der Waals surface area contributed by atoms with Crippen molar-refractivity contribution in [3.05, 3.63) is 59.9 Å². The molecule has 0 saturated carbocycles. The zero-order valence-corrected chi connectivity index (χ0v) is 15.7. The summed E-state index contributed by atoms with van der Waals surface area (Å²) in [4.78, 5) is 27.6. The number of anilines is 1. The fraction of sp³-hybridized carbons (Fsp3) is 0.300. The molecule has 0 aliphatic heterocycles. The number of nitrogens with one attached hydrogen (secondary N) is 1. The lowest BCUT2D eigenvalue weighted by Crippen LogP contribution is -2.39. The third kappa shape index (κ3) is 6.71. The molecule has 0 heterocycles. The summed E-state index contributed by atoms with van der Waals surface area (Å²) in [5.74, 6) is -0.0000210. The summed E-state index contributed by atoms with van der Waals surface area (Å²) in [6.45, 7) is 0.610. The molecular formula is C20H24FN3O3. The van der Waals surface area contributed by atoms with E-state index in [9.17, 15) is 14.0 Å². The first-order valence-electron chi connectivity index (χ1n) is 8.48. The topological polar surface area (TPSA) is 61.9 Å². The number of halogens is 1. The van der Waals surface area contributed by atoms with Crippen LogP contribution in [0.2, 0.25) is 0 Å². The zero-order chi connectivity index (χ0) is 19.8. The molecule has 2 amide bonds. The van der Waals surface area contributed by atoms with Gasteiger partial charge in [-0.25, -0.2) is 4.39 Å². The quantitative estimate of drug-likeness (QED) is 0.772. The van der Waals surface area contributed by atoms with Gasteiger partial charge < -0.3 is 15.0 Å². The molecule has 7 heteroatoms. The second-order valence-electron chi connectivity index (χ2n) is 6.33. The van der Waals surface area contributed by atoms with E-state index in [0.29, 0.717) is 12.2 Å². The average molecular weight is 373 g/mol. The van der Waals surface area contributed by atoms with Crippen molar-refractivity contribution in [3.8, 4) is 5.75 Å². The second-order valence-corrected chi connectivity index (χ2v) is 6.33. The lowest BCUT2D eigenvalue weighted by atomic mass is 10.2. The van der Waals surface area contributed by atoms with Crippen molar-refractivity contribution in [1.29, 1.82) is 0 Å². The van der Waals surface area contributed by atoms with Crippen LogP contribution >= 0.6 is 0 Å². The van der Waals surface area contributed by atoms with Crippen molar-refractivity contribution >= 4 is 17.5 Å². The highest BCUT2D eigenvalue weighted by atomic mass is 19.1. The van der Waals surface area contributed by atoms with Crippen LogP contribution in [0.4, 0.5) is 10.1 Å². The van der Waals surface area contributed by atoms with Crippen molar-refractivity contribution in [3.63, 3.8) is 0 Å². The molecule has 27 heavy (non-hydrogen) atoms. The molecule has 2 rings (SSSR count). The molecule has 0 saturated heterocycles. The fourth-order valence-corrected chi connectivity index (χ4v) is 2.52. The lowest BCUT2D eigenvalue weighted by molar-refractivity contribution is -0.131. The van der Waals surface area contributed by atoms with Crippen molar-refractivity contribution in [2.45, 2.75) is 6.54 Å². The highest BCUT2D eigenvalue weighted by Crippen LogP contribution is 2.14. The van der Waals surface area contributed by atoms with Gasteiger partial charge >= 0.3 is 0 Å². The van der Waals surface area contributed by atoms with Crippen molar-refractivity contribution in [1.82, 2.24) is 9.80 Å². The summed E-state index contributed by atoms with van der Waals surface area (Å²) in [7, 11) is 5.01. The van der Waals surface area contributed by atoms with Gasteiger partial charge in [0.15, 0.2) is 0 Å². The minimum absolute atomic E-state index is 0.0517. The number of benzene rings is 2. The predicted octanol–water partition coefficient (Wildman–Crippen LogP) is 2.36. The lowest BCUT2D eigenvalue weighted by Gasteiger charge is -2.22. The van der Waals surface area contributed by atoms with Crippen LogP contribution in [-0.2, 0) is 16.1 Å². The van der Waals surface area contributed by atoms with Gasteiger partial charge in [0.05, 0.1) is 20.2 Å². The molecule has 0 atom stereocenters. The third-order valence-corrected chi connectivity index (χ3v) is 3.93. The molecule has 144 valence electrons. The fourth-order valence-electron chi connectivity index (χ4n) is 2.52. The number of carbonyl (C=O) groups excluding carboxylic acids is 2. The van der Waals surface area contributed by atoms with E-state index in [2.05, 4.69) is 5.32 Å². The van der Waals surface area contributed by atoms with Crippen LogP contribution in [-0.4, -0.2) is 55.9 Å². The molecular weight excluding hydrogens is 349 g/mol. The van der Waals surface area contributed by atoms with E-state index in [-0.39, 0.29) is 30.7 Å². The average Bonchev–Trinajstić information content (AvgIpc) is 2.63. The first-order valence-corrected chi connectivity index (χ1v) is 8.48. The van der Waals surface area contributed by atoms with Crippen LogP contribution < -0.4 is 10.1 Å². The smallest absolute Gasteiger partial charge is 0.238 e. The maximum atomic E-state index is 12.9. The molecule has 0 fully saturated rings. The van der Waals surface area contributed by atoms with E-state index in [1.165, 1.54) is 24.3 Å². The van der Waals surface area contributed by atoms with Crippen molar-refractivity contribution in [2.75, 3.05) is 39.6 Å². The van der Waals surface area contributed by atoms with E-state index < -0.39 is 0 Å².